The van der Waals surface area contributed by atoms with E-state index in [1.54, 1.807) is 31.4 Å². The van der Waals surface area contributed by atoms with Crippen LogP contribution >= 0.6 is 0 Å². The van der Waals surface area contributed by atoms with E-state index in [0.717, 1.165) is 76.3 Å². The van der Waals surface area contributed by atoms with Gasteiger partial charge in [0.1, 0.15) is 11.5 Å². The lowest BCUT2D eigenvalue weighted by molar-refractivity contribution is -0.123. The lowest BCUT2D eigenvalue weighted by Gasteiger charge is -2.27. The summed E-state index contributed by atoms with van der Waals surface area (Å²) in [5.74, 6) is -0.285. The minimum atomic E-state index is -1.04. The maximum absolute atomic E-state index is 14.8. The van der Waals surface area contributed by atoms with E-state index in [4.69, 9.17) is 9.47 Å². The maximum atomic E-state index is 14.8. The molecule has 0 amide bonds. The molecule has 61 heavy (non-hydrogen) atoms. The number of ketones is 1. The molecule has 0 spiro atoms. The number of aromatic amines is 1. The zero-order valence-electron chi connectivity index (χ0n) is 35.6. The first-order chi connectivity index (χ1) is 29.6. The van der Waals surface area contributed by atoms with Crippen LogP contribution in [0.4, 0.5) is 0 Å². The summed E-state index contributed by atoms with van der Waals surface area (Å²) in [5.41, 5.74) is 7.44. The second kappa shape index (κ2) is 20.2. The molecule has 1 aromatic heterocycles. The zero-order chi connectivity index (χ0) is 42.9. The van der Waals surface area contributed by atoms with Crippen LogP contribution in [0.3, 0.4) is 0 Å². The molecule has 1 saturated carbocycles. The molecular formula is C52H60N2O7. The molecule has 6 N–H and O–H groups in total. The van der Waals surface area contributed by atoms with Crippen molar-refractivity contribution in [3.63, 3.8) is 0 Å². The molecule has 1 heterocycles. The van der Waals surface area contributed by atoms with Gasteiger partial charge in [0.15, 0.2) is 23.0 Å². The van der Waals surface area contributed by atoms with Crippen LogP contribution < -0.4 is 14.8 Å². The lowest BCUT2D eigenvalue weighted by atomic mass is 9.80. The predicted molar refractivity (Wildman–Crippen MR) is 241 cm³/mol. The van der Waals surface area contributed by atoms with Crippen LogP contribution in [0, 0.1) is 5.92 Å². The summed E-state index contributed by atoms with van der Waals surface area (Å²) in [7, 11) is 3.40. The first-order valence-electron chi connectivity index (χ1n) is 21.8. The van der Waals surface area contributed by atoms with Gasteiger partial charge >= 0.3 is 0 Å². The van der Waals surface area contributed by atoms with Gasteiger partial charge in [-0.15, -0.1) is 0 Å². The highest BCUT2D eigenvalue weighted by atomic mass is 16.5. The smallest absolute Gasteiger partial charge is 0.164 e. The molecule has 0 radical (unpaired) electrons. The number of phenols is 3. The Morgan fingerprint density at radius 1 is 0.820 bits per heavy atom. The monoisotopic (exact) mass is 824 g/mol. The van der Waals surface area contributed by atoms with E-state index in [0.29, 0.717) is 42.9 Å². The van der Waals surface area contributed by atoms with E-state index in [1.165, 1.54) is 12.0 Å². The first-order valence-corrected chi connectivity index (χ1v) is 21.8. The Bertz CT molecular complexity index is 2400. The number of nitrogens with one attached hydrogen (secondary N) is 2. The fraction of sp³-hybridized carbons (Fsp3) is 0.365. The molecule has 0 aliphatic heterocycles. The number of carbonyl (C=O) groups is 1. The van der Waals surface area contributed by atoms with Crippen molar-refractivity contribution in [1.29, 1.82) is 0 Å². The Hall–Kier alpha value is -5.77. The van der Waals surface area contributed by atoms with Crippen molar-refractivity contribution in [2.75, 3.05) is 14.2 Å². The summed E-state index contributed by atoms with van der Waals surface area (Å²) in [4.78, 5) is 18.0. The number of methoxy groups -OCH3 is 1. The maximum Gasteiger partial charge on any atom is 0.164 e. The third-order valence-corrected chi connectivity index (χ3v) is 12.5. The minimum absolute atomic E-state index is 0.0319. The summed E-state index contributed by atoms with van der Waals surface area (Å²) in [6, 6.07) is 28.7. The molecule has 9 heteroatoms. The second-order valence-electron chi connectivity index (χ2n) is 16.7. The van der Waals surface area contributed by atoms with E-state index in [1.807, 2.05) is 61.9 Å². The van der Waals surface area contributed by atoms with Crippen molar-refractivity contribution >= 4 is 16.6 Å². The number of hydrogen-bond donors (Lipinski definition) is 6. The molecule has 9 nitrogen and oxygen atoms in total. The summed E-state index contributed by atoms with van der Waals surface area (Å²) < 4.78 is 12.2. The number of rotatable bonds is 19. The van der Waals surface area contributed by atoms with Crippen LogP contribution in [0.5, 0.6) is 28.7 Å². The second-order valence-corrected chi connectivity index (χ2v) is 16.7. The summed E-state index contributed by atoms with van der Waals surface area (Å²) in [6.07, 6.45) is 10.4. The number of H-pyrrole nitrogens is 1. The van der Waals surface area contributed by atoms with Crippen molar-refractivity contribution < 1.29 is 34.7 Å². The number of benzene rings is 5. The number of fused-ring (bicyclic) bond motifs is 1. The average molecular weight is 825 g/mol. The SMILES string of the molecule is CCc1ccc2ccccc2c1Cc1c(CC(Cc2cc[nH]c2)C(O)CC(=O)C(Cc2ccc(O)c(OC3CCCCC3)c2)c2cc(O)cc(CNC)c2)ccc(O)c1OC. The van der Waals surface area contributed by atoms with E-state index >= 15 is 0 Å². The molecule has 7 rings (SSSR count). The van der Waals surface area contributed by atoms with Gasteiger partial charge in [-0.25, -0.2) is 0 Å². The van der Waals surface area contributed by atoms with E-state index < -0.39 is 12.0 Å². The Balaban J connectivity index is 1.22. The predicted octanol–water partition coefficient (Wildman–Crippen LogP) is 9.63. The molecule has 1 aliphatic carbocycles. The van der Waals surface area contributed by atoms with E-state index in [-0.39, 0.29) is 47.9 Å². The number of aliphatic hydroxyl groups excluding tert-OH is 1. The highest BCUT2D eigenvalue weighted by Crippen LogP contribution is 2.39. The molecule has 0 saturated heterocycles. The van der Waals surface area contributed by atoms with Crippen LogP contribution in [0.25, 0.3) is 10.8 Å². The summed E-state index contributed by atoms with van der Waals surface area (Å²) in [5, 5.41) is 50.5. The number of ether oxygens (including phenoxy) is 2. The number of aromatic hydroxyl groups is 3. The van der Waals surface area contributed by atoms with Gasteiger partial charge < -0.3 is 40.2 Å². The highest BCUT2D eigenvalue weighted by molar-refractivity contribution is 5.88. The van der Waals surface area contributed by atoms with Crippen molar-refractivity contribution in [3.05, 3.63) is 148 Å². The molecule has 6 aromatic rings. The van der Waals surface area contributed by atoms with Crippen molar-refractivity contribution in [2.45, 2.75) is 102 Å². The topological polar surface area (TPSA) is 144 Å². The fourth-order valence-electron chi connectivity index (χ4n) is 9.30. The van der Waals surface area contributed by atoms with Gasteiger partial charge in [-0.2, -0.15) is 0 Å². The number of aryl methyl sites for hydroxylation is 1. The highest BCUT2D eigenvalue weighted by Gasteiger charge is 2.31. The largest absolute Gasteiger partial charge is 0.508 e. The van der Waals surface area contributed by atoms with Gasteiger partial charge in [-0.3, -0.25) is 4.79 Å². The van der Waals surface area contributed by atoms with Crippen LogP contribution in [0.15, 0.2) is 103 Å². The number of Topliss-reactive ketones (excluding diaryl/α,β-unsaturated/α-hetero) is 1. The quantitative estimate of drug-likeness (QED) is 0.0474. The average Bonchev–Trinajstić information content (AvgIpc) is 3.78. The van der Waals surface area contributed by atoms with Gasteiger partial charge in [0.2, 0.25) is 0 Å². The lowest BCUT2D eigenvalue weighted by Crippen LogP contribution is -2.30. The molecule has 5 aromatic carbocycles. The fourth-order valence-corrected chi connectivity index (χ4v) is 9.30. The van der Waals surface area contributed by atoms with Crippen molar-refractivity contribution in [2.24, 2.45) is 5.92 Å². The number of carbonyl (C=O) groups excluding carboxylic acids is 1. The molecule has 320 valence electrons. The van der Waals surface area contributed by atoms with Gasteiger partial charge in [-0.1, -0.05) is 67.9 Å². The molecule has 1 fully saturated rings. The summed E-state index contributed by atoms with van der Waals surface area (Å²) >= 11 is 0. The Morgan fingerprint density at radius 2 is 1.61 bits per heavy atom. The van der Waals surface area contributed by atoms with Gasteiger partial charge in [-0.05, 0) is 150 Å². The minimum Gasteiger partial charge on any atom is -0.508 e. The third-order valence-electron chi connectivity index (χ3n) is 12.5. The third kappa shape index (κ3) is 10.6. The van der Waals surface area contributed by atoms with Gasteiger partial charge in [0.25, 0.3) is 0 Å². The van der Waals surface area contributed by atoms with Crippen LogP contribution in [0.2, 0.25) is 0 Å². The first kappa shape index (κ1) is 43.3. The number of aliphatic hydroxyl groups is 1. The van der Waals surface area contributed by atoms with Crippen LogP contribution in [-0.2, 0) is 43.4 Å². The van der Waals surface area contributed by atoms with Crippen molar-refractivity contribution in [1.82, 2.24) is 10.3 Å². The van der Waals surface area contributed by atoms with E-state index in [2.05, 4.69) is 41.5 Å². The molecule has 0 bridgehead atoms. The van der Waals surface area contributed by atoms with Gasteiger partial charge in [0.05, 0.1) is 19.3 Å². The Kier molecular flexibility index (Phi) is 14.3. The molecular weight excluding hydrogens is 765 g/mol. The van der Waals surface area contributed by atoms with Gasteiger partial charge in [0, 0.05) is 43.3 Å². The van der Waals surface area contributed by atoms with E-state index in [9.17, 15) is 25.2 Å². The molecule has 3 unspecified atom stereocenters. The zero-order valence-corrected chi connectivity index (χ0v) is 35.6. The molecule has 1 aliphatic rings. The normalized spacial score (nSPS) is 14.8. The summed E-state index contributed by atoms with van der Waals surface area (Å²) in [6.45, 7) is 2.64. The van der Waals surface area contributed by atoms with Crippen LogP contribution in [-0.4, -0.2) is 57.6 Å². The van der Waals surface area contributed by atoms with Crippen LogP contribution in [0.1, 0.15) is 95.9 Å². The standard InChI is InChI=1S/C52H60N2O7/c1-4-36-15-16-37-10-8-9-13-43(37)44(36)29-46-38(17-19-48(57)52(46)60-3)27-40(22-34-20-21-54-32-34)49(58)30-50(59)45(39-23-35(31-53-2)24-41(55)28-39)25-33-14-18-47(56)51(26-33)61-42-11-6-5-7-12-42/h8-10,13-21,23-24,26,28,32,40,42,45,49,53-58H,4-7,11-12,22,25,27,29-31H2,1-3H3. The Morgan fingerprint density at radius 3 is 2.36 bits per heavy atom. The Labute approximate surface area is 359 Å². The number of aromatic nitrogens is 1. The number of hydrogen-bond acceptors (Lipinski definition) is 8. The number of phenolic OH excluding ortho intramolecular Hbond substituents is 3. The van der Waals surface area contributed by atoms with Crippen molar-refractivity contribution in [3.8, 4) is 28.7 Å². The molecule has 3 atom stereocenters.